The Labute approximate surface area is 190 Å². The molecule has 32 heavy (non-hydrogen) atoms. The van der Waals surface area contributed by atoms with Crippen LogP contribution >= 0.6 is 11.8 Å². The van der Waals surface area contributed by atoms with Crippen molar-refractivity contribution in [2.75, 3.05) is 28.7 Å². The summed E-state index contributed by atoms with van der Waals surface area (Å²) in [6.07, 6.45) is 0. The summed E-state index contributed by atoms with van der Waals surface area (Å²) < 4.78 is 24.7. The van der Waals surface area contributed by atoms with Gasteiger partial charge in [0, 0.05) is 5.69 Å². The zero-order valence-electron chi connectivity index (χ0n) is 17.5. The van der Waals surface area contributed by atoms with Crippen molar-refractivity contribution in [3.63, 3.8) is 0 Å². The van der Waals surface area contributed by atoms with Crippen molar-refractivity contribution in [3.8, 4) is 17.2 Å². The summed E-state index contributed by atoms with van der Waals surface area (Å²) in [5.74, 6) is 1.10. The highest BCUT2D eigenvalue weighted by Gasteiger charge is 2.09. The maximum Gasteiger partial charge on any atom is 0.234 e. The zero-order valence-corrected chi connectivity index (χ0v) is 18.3. The van der Waals surface area contributed by atoms with E-state index < -0.39 is 5.82 Å². The molecular formula is C24H23FN2O4S. The Balaban J connectivity index is 1.40. The van der Waals surface area contributed by atoms with Crippen LogP contribution < -0.4 is 20.1 Å². The smallest absolute Gasteiger partial charge is 0.234 e. The Hall–Kier alpha value is -3.52. The Bertz CT molecular complexity index is 1040. The van der Waals surface area contributed by atoms with E-state index in [1.54, 1.807) is 36.4 Å². The number of ether oxygens (including phenoxy) is 2. The highest BCUT2D eigenvalue weighted by molar-refractivity contribution is 8.00. The number of anilines is 2. The maximum atomic E-state index is 13.5. The largest absolute Gasteiger partial charge is 0.494 e. The van der Waals surface area contributed by atoms with Crippen LogP contribution in [-0.4, -0.2) is 29.9 Å². The highest BCUT2D eigenvalue weighted by atomic mass is 32.2. The molecule has 0 saturated heterocycles. The molecule has 0 aliphatic carbocycles. The molecule has 0 heterocycles. The van der Waals surface area contributed by atoms with Crippen LogP contribution in [0.25, 0.3) is 0 Å². The van der Waals surface area contributed by atoms with Gasteiger partial charge in [-0.3, -0.25) is 9.59 Å². The van der Waals surface area contributed by atoms with Crippen LogP contribution in [0.4, 0.5) is 15.8 Å². The van der Waals surface area contributed by atoms with E-state index in [9.17, 15) is 14.0 Å². The van der Waals surface area contributed by atoms with Crippen molar-refractivity contribution in [2.45, 2.75) is 6.92 Å². The van der Waals surface area contributed by atoms with Crippen molar-refractivity contribution in [1.29, 1.82) is 0 Å². The van der Waals surface area contributed by atoms with Crippen molar-refractivity contribution in [3.05, 3.63) is 78.6 Å². The number of halogens is 1. The topological polar surface area (TPSA) is 76.7 Å². The molecule has 3 rings (SSSR count). The second-order valence-corrected chi connectivity index (χ2v) is 7.59. The molecule has 2 N–H and O–H groups in total. The van der Waals surface area contributed by atoms with E-state index in [1.807, 2.05) is 31.2 Å². The molecule has 166 valence electrons. The van der Waals surface area contributed by atoms with E-state index in [0.29, 0.717) is 23.8 Å². The van der Waals surface area contributed by atoms with Gasteiger partial charge >= 0.3 is 0 Å². The highest BCUT2D eigenvalue weighted by Crippen LogP contribution is 2.25. The first-order valence-electron chi connectivity index (χ1n) is 9.96. The number of benzene rings is 3. The average molecular weight is 455 g/mol. The van der Waals surface area contributed by atoms with Gasteiger partial charge in [-0.2, -0.15) is 0 Å². The predicted octanol–water partition coefficient (Wildman–Crippen LogP) is 5.33. The number of amides is 2. The number of nitrogens with one attached hydrogen (secondary N) is 2. The Morgan fingerprint density at radius 1 is 0.812 bits per heavy atom. The normalized spacial score (nSPS) is 10.3. The fourth-order valence-corrected chi connectivity index (χ4v) is 3.31. The summed E-state index contributed by atoms with van der Waals surface area (Å²) in [5.41, 5.74) is 0.737. The first-order chi connectivity index (χ1) is 15.5. The van der Waals surface area contributed by atoms with Gasteiger partial charge in [0.1, 0.15) is 23.1 Å². The summed E-state index contributed by atoms with van der Waals surface area (Å²) in [5, 5.41) is 5.25. The third-order valence-electron chi connectivity index (χ3n) is 4.12. The molecular weight excluding hydrogens is 431 g/mol. The van der Waals surface area contributed by atoms with Gasteiger partial charge in [0.05, 0.1) is 23.8 Å². The minimum atomic E-state index is -0.501. The molecule has 0 bridgehead atoms. The van der Waals surface area contributed by atoms with Crippen LogP contribution in [-0.2, 0) is 9.59 Å². The van der Waals surface area contributed by atoms with Crippen molar-refractivity contribution < 1.29 is 23.5 Å². The van der Waals surface area contributed by atoms with Crippen LogP contribution in [0.15, 0.2) is 72.8 Å². The summed E-state index contributed by atoms with van der Waals surface area (Å²) in [7, 11) is 0. The van der Waals surface area contributed by atoms with Crippen LogP contribution in [0, 0.1) is 5.82 Å². The van der Waals surface area contributed by atoms with E-state index >= 15 is 0 Å². The number of para-hydroxylation sites is 1. The lowest BCUT2D eigenvalue weighted by molar-refractivity contribution is -0.114. The number of carbonyl (C=O) groups is 2. The minimum absolute atomic E-state index is 0.0383. The van der Waals surface area contributed by atoms with Crippen LogP contribution in [0.3, 0.4) is 0 Å². The summed E-state index contributed by atoms with van der Waals surface area (Å²) in [6.45, 7) is 2.53. The van der Waals surface area contributed by atoms with Crippen LogP contribution in [0.2, 0.25) is 0 Å². The van der Waals surface area contributed by atoms with Gasteiger partial charge in [-0.05, 0) is 67.6 Å². The Morgan fingerprint density at radius 2 is 1.38 bits per heavy atom. The van der Waals surface area contributed by atoms with Gasteiger partial charge in [0.15, 0.2) is 0 Å². The maximum absolute atomic E-state index is 13.5. The van der Waals surface area contributed by atoms with Gasteiger partial charge in [-0.15, -0.1) is 11.8 Å². The minimum Gasteiger partial charge on any atom is -0.494 e. The molecule has 8 heteroatoms. The summed E-state index contributed by atoms with van der Waals surface area (Å²) in [4.78, 5) is 24.0. The molecule has 6 nitrogen and oxygen atoms in total. The summed E-state index contributed by atoms with van der Waals surface area (Å²) in [6, 6.07) is 20.2. The Morgan fingerprint density at radius 3 is 2.00 bits per heavy atom. The van der Waals surface area contributed by atoms with Gasteiger partial charge in [0.2, 0.25) is 11.8 Å². The molecule has 0 radical (unpaired) electrons. The molecule has 3 aromatic carbocycles. The van der Waals surface area contributed by atoms with Crippen molar-refractivity contribution in [1.82, 2.24) is 0 Å². The quantitative estimate of drug-likeness (QED) is 0.433. The van der Waals surface area contributed by atoms with Gasteiger partial charge in [0.25, 0.3) is 0 Å². The number of hydrogen-bond acceptors (Lipinski definition) is 5. The lowest BCUT2D eigenvalue weighted by Gasteiger charge is -2.09. The lowest BCUT2D eigenvalue weighted by atomic mass is 10.3. The van der Waals surface area contributed by atoms with Crippen LogP contribution in [0.1, 0.15) is 6.92 Å². The zero-order chi connectivity index (χ0) is 22.8. The van der Waals surface area contributed by atoms with Gasteiger partial charge in [-0.1, -0.05) is 12.1 Å². The number of carbonyl (C=O) groups excluding carboxylic acids is 2. The average Bonchev–Trinajstić information content (AvgIpc) is 2.78. The standard InChI is InChI=1S/C24H23FN2O4S/c1-2-30-18-11-13-20(14-12-18)31-19-9-7-17(8-10-19)26-23(28)15-32-16-24(29)27-22-6-4-3-5-21(22)25/h3-14H,2,15-16H2,1H3,(H,26,28)(H,27,29). The molecule has 0 unspecified atom stereocenters. The molecule has 0 aliphatic heterocycles. The molecule has 0 fully saturated rings. The second-order valence-electron chi connectivity index (χ2n) is 6.60. The molecule has 0 spiro atoms. The third-order valence-corrected chi connectivity index (χ3v) is 5.06. The number of hydrogen-bond donors (Lipinski definition) is 2. The molecule has 0 saturated carbocycles. The molecule has 0 aliphatic rings. The van der Waals surface area contributed by atoms with Gasteiger partial charge in [-0.25, -0.2) is 4.39 Å². The fourth-order valence-electron chi connectivity index (χ4n) is 2.70. The first kappa shape index (κ1) is 23.1. The molecule has 0 aromatic heterocycles. The summed E-state index contributed by atoms with van der Waals surface area (Å²) >= 11 is 1.14. The number of rotatable bonds is 10. The van der Waals surface area contributed by atoms with E-state index in [1.165, 1.54) is 12.1 Å². The van der Waals surface area contributed by atoms with Gasteiger partial charge < -0.3 is 20.1 Å². The van der Waals surface area contributed by atoms with E-state index in [0.717, 1.165) is 17.5 Å². The van der Waals surface area contributed by atoms with E-state index in [-0.39, 0.29) is 29.0 Å². The third kappa shape index (κ3) is 7.31. The molecule has 2 amide bonds. The van der Waals surface area contributed by atoms with Crippen molar-refractivity contribution in [2.24, 2.45) is 0 Å². The molecule has 0 atom stereocenters. The van der Waals surface area contributed by atoms with Crippen molar-refractivity contribution >= 4 is 35.0 Å². The monoisotopic (exact) mass is 454 g/mol. The van der Waals surface area contributed by atoms with E-state index in [2.05, 4.69) is 10.6 Å². The first-order valence-corrected chi connectivity index (χ1v) is 11.1. The molecule has 3 aromatic rings. The Kier molecular flexibility index (Phi) is 8.51. The predicted molar refractivity (Wildman–Crippen MR) is 125 cm³/mol. The van der Waals surface area contributed by atoms with E-state index in [4.69, 9.17) is 9.47 Å². The lowest BCUT2D eigenvalue weighted by Crippen LogP contribution is -2.18. The second kappa shape index (κ2) is 11.8. The number of thioether (sulfide) groups is 1. The SMILES string of the molecule is CCOc1ccc(Oc2ccc(NC(=O)CSCC(=O)Nc3ccccc3F)cc2)cc1. The fraction of sp³-hybridized carbons (Fsp3) is 0.167. The van der Waals surface area contributed by atoms with Crippen LogP contribution in [0.5, 0.6) is 17.2 Å².